The monoisotopic (exact) mass is 285 g/mol. The summed E-state index contributed by atoms with van der Waals surface area (Å²) >= 11 is 3.38. The number of methoxy groups -OCH3 is 1. The number of halogens is 1. The molecule has 0 saturated heterocycles. The standard InChI is InChI=1S/C12H16BrNO2/c1-16-12(15)7-6-11(14)8-9-2-4-10(13)5-3-9/h2-5,11H,6-8,14H2,1H3. The number of hydrogen-bond acceptors (Lipinski definition) is 3. The maximum atomic E-state index is 10.9. The van der Waals surface area contributed by atoms with Crippen molar-refractivity contribution < 1.29 is 9.53 Å². The minimum atomic E-state index is -0.203. The molecule has 0 radical (unpaired) electrons. The summed E-state index contributed by atoms with van der Waals surface area (Å²) < 4.78 is 5.62. The Kier molecular flexibility index (Phi) is 5.49. The molecule has 0 aromatic heterocycles. The first kappa shape index (κ1) is 13.2. The van der Waals surface area contributed by atoms with Crippen molar-refractivity contribution in [3.63, 3.8) is 0 Å². The Labute approximate surface area is 104 Å². The number of nitrogens with two attached hydrogens (primary N) is 1. The van der Waals surface area contributed by atoms with E-state index >= 15 is 0 Å². The number of esters is 1. The molecule has 0 amide bonds. The summed E-state index contributed by atoms with van der Waals surface area (Å²) in [5.74, 6) is -0.203. The quantitative estimate of drug-likeness (QED) is 0.845. The fourth-order valence-electron chi connectivity index (χ4n) is 1.43. The first-order valence-electron chi connectivity index (χ1n) is 5.18. The van der Waals surface area contributed by atoms with Crippen molar-refractivity contribution in [1.29, 1.82) is 0 Å². The van der Waals surface area contributed by atoms with Crippen LogP contribution >= 0.6 is 15.9 Å². The lowest BCUT2D eigenvalue weighted by Gasteiger charge is -2.10. The molecule has 1 aromatic carbocycles. The van der Waals surface area contributed by atoms with E-state index in [1.165, 1.54) is 12.7 Å². The molecule has 1 aromatic rings. The molecule has 1 atom stereocenters. The van der Waals surface area contributed by atoms with Gasteiger partial charge in [0.1, 0.15) is 0 Å². The van der Waals surface area contributed by atoms with Crippen molar-refractivity contribution >= 4 is 21.9 Å². The summed E-state index contributed by atoms with van der Waals surface area (Å²) in [6, 6.07) is 8.04. The van der Waals surface area contributed by atoms with Crippen molar-refractivity contribution in [3.05, 3.63) is 34.3 Å². The minimum absolute atomic E-state index is 0.000255. The molecule has 0 fully saturated rings. The Balaban J connectivity index is 2.36. The molecular formula is C12H16BrNO2. The molecule has 0 spiro atoms. The molecule has 0 bridgehead atoms. The number of ether oxygens (including phenoxy) is 1. The van der Waals surface area contributed by atoms with Crippen molar-refractivity contribution in [2.45, 2.75) is 25.3 Å². The summed E-state index contributed by atoms with van der Waals surface area (Å²) in [6.45, 7) is 0. The zero-order valence-electron chi connectivity index (χ0n) is 9.28. The van der Waals surface area contributed by atoms with Crippen LogP contribution in [0.25, 0.3) is 0 Å². The van der Waals surface area contributed by atoms with Gasteiger partial charge in [-0.2, -0.15) is 0 Å². The molecule has 1 unspecified atom stereocenters. The Morgan fingerprint density at radius 2 is 2.06 bits per heavy atom. The smallest absolute Gasteiger partial charge is 0.305 e. The van der Waals surface area contributed by atoms with Crippen LogP contribution in [0.15, 0.2) is 28.7 Å². The normalized spacial score (nSPS) is 12.2. The van der Waals surface area contributed by atoms with Gasteiger partial charge in [0, 0.05) is 16.9 Å². The lowest BCUT2D eigenvalue weighted by molar-refractivity contribution is -0.140. The van der Waals surface area contributed by atoms with Crippen LogP contribution in [0.4, 0.5) is 0 Å². The summed E-state index contributed by atoms with van der Waals surface area (Å²) in [5.41, 5.74) is 7.11. The molecule has 16 heavy (non-hydrogen) atoms. The van der Waals surface area contributed by atoms with Gasteiger partial charge in [0.25, 0.3) is 0 Å². The highest BCUT2D eigenvalue weighted by Gasteiger charge is 2.07. The lowest BCUT2D eigenvalue weighted by Crippen LogP contribution is -2.24. The molecule has 88 valence electrons. The zero-order valence-corrected chi connectivity index (χ0v) is 10.9. The van der Waals surface area contributed by atoms with Gasteiger partial charge in [-0.25, -0.2) is 0 Å². The van der Waals surface area contributed by atoms with Crippen molar-refractivity contribution in [2.24, 2.45) is 5.73 Å². The third-order valence-electron chi connectivity index (χ3n) is 2.36. The maximum absolute atomic E-state index is 10.9. The fraction of sp³-hybridized carbons (Fsp3) is 0.417. The predicted octanol–water partition coefficient (Wildman–Crippen LogP) is 2.27. The van der Waals surface area contributed by atoms with Crippen LogP contribution in [0.5, 0.6) is 0 Å². The van der Waals surface area contributed by atoms with E-state index in [-0.39, 0.29) is 12.0 Å². The van der Waals surface area contributed by atoms with Gasteiger partial charge >= 0.3 is 5.97 Å². The van der Waals surface area contributed by atoms with E-state index < -0.39 is 0 Å². The van der Waals surface area contributed by atoms with E-state index in [1.54, 1.807) is 0 Å². The van der Waals surface area contributed by atoms with Gasteiger partial charge in [-0.1, -0.05) is 28.1 Å². The van der Waals surface area contributed by atoms with Gasteiger partial charge < -0.3 is 10.5 Å². The van der Waals surface area contributed by atoms with Crippen molar-refractivity contribution in [1.82, 2.24) is 0 Å². The Morgan fingerprint density at radius 1 is 1.44 bits per heavy atom. The first-order valence-corrected chi connectivity index (χ1v) is 5.98. The summed E-state index contributed by atoms with van der Waals surface area (Å²) in [4.78, 5) is 10.9. The van der Waals surface area contributed by atoms with Gasteiger partial charge in [-0.15, -0.1) is 0 Å². The highest BCUT2D eigenvalue weighted by atomic mass is 79.9. The van der Waals surface area contributed by atoms with Gasteiger partial charge in [-0.05, 0) is 30.5 Å². The third kappa shape index (κ3) is 4.77. The molecule has 0 aliphatic heterocycles. The van der Waals surface area contributed by atoms with Gasteiger partial charge in [0.05, 0.1) is 7.11 Å². The Hall–Kier alpha value is -0.870. The molecule has 3 nitrogen and oxygen atoms in total. The van der Waals surface area contributed by atoms with Crippen LogP contribution in [0, 0.1) is 0 Å². The topological polar surface area (TPSA) is 52.3 Å². The van der Waals surface area contributed by atoms with Crippen molar-refractivity contribution in [2.75, 3.05) is 7.11 Å². The molecule has 0 heterocycles. The zero-order chi connectivity index (χ0) is 12.0. The van der Waals surface area contributed by atoms with Crippen LogP contribution in [-0.2, 0) is 16.0 Å². The van der Waals surface area contributed by atoms with E-state index in [0.29, 0.717) is 12.8 Å². The molecule has 0 saturated carbocycles. The average Bonchev–Trinajstić information content (AvgIpc) is 2.29. The highest BCUT2D eigenvalue weighted by molar-refractivity contribution is 9.10. The second-order valence-corrected chi connectivity index (χ2v) is 4.62. The SMILES string of the molecule is COC(=O)CCC(N)Cc1ccc(Br)cc1. The molecule has 0 aliphatic carbocycles. The Morgan fingerprint density at radius 3 is 2.62 bits per heavy atom. The second-order valence-electron chi connectivity index (χ2n) is 3.71. The summed E-state index contributed by atoms with van der Waals surface area (Å²) in [7, 11) is 1.39. The van der Waals surface area contributed by atoms with E-state index in [1.807, 2.05) is 24.3 Å². The van der Waals surface area contributed by atoms with Crippen LogP contribution in [0.2, 0.25) is 0 Å². The second kappa shape index (κ2) is 6.66. The highest BCUT2D eigenvalue weighted by Crippen LogP contribution is 2.12. The third-order valence-corrected chi connectivity index (χ3v) is 2.89. The molecular weight excluding hydrogens is 270 g/mol. The predicted molar refractivity (Wildman–Crippen MR) is 67.1 cm³/mol. The van der Waals surface area contributed by atoms with E-state index in [9.17, 15) is 4.79 Å². The molecule has 1 rings (SSSR count). The number of benzene rings is 1. The maximum Gasteiger partial charge on any atom is 0.305 e. The average molecular weight is 286 g/mol. The van der Waals surface area contributed by atoms with Crippen LogP contribution < -0.4 is 5.73 Å². The van der Waals surface area contributed by atoms with Crippen LogP contribution in [-0.4, -0.2) is 19.1 Å². The van der Waals surface area contributed by atoms with Gasteiger partial charge in [0.15, 0.2) is 0 Å². The summed E-state index contributed by atoms with van der Waals surface area (Å²) in [5, 5.41) is 0. The van der Waals surface area contributed by atoms with Gasteiger partial charge in [-0.3, -0.25) is 4.79 Å². The van der Waals surface area contributed by atoms with Crippen molar-refractivity contribution in [3.8, 4) is 0 Å². The summed E-state index contributed by atoms with van der Waals surface area (Å²) in [6.07, 6.45) is 1.82. The molecule has 4 heteroatoms. The largest absolute Gasteiger partial charge is 0.469 e. The van der Waals surface area contributed by atoms with E-state index in [0.717, 1.165) is 10.9 Å². The molecule has 2 N–H and O–H groups in total. The Bertz CT molecular complexity index is 337. The minimum Gasteiger partial charge on any atom is -0.469 e. The number of carbonyl (C=O) groups excluding carboxylic acids is 1. The first-order chi connectivity index (χ1) is 7.61. The van der Waals surface area contributed by atoms with E-state index in [4.69, 9.17) is 5.73 Å². The van der Waals surface area contributed by atoms with Gasteiger partial charge in [0.2, 0.25) is 0 Å². The molecule has 0 aliphatic rings. The van der Waals surface area contributed by atoms with Crippen LogP contribution in [0.3, 0.4) is 0 Å². The van der Waals surface area contributed by atoms with Crippen LogP contribution in [0.1, 0.15) is 18.4 Å². The fourth-order valence-corrected chi connectivity index (χ4v) is 1.69. The number of carbonyl (C=O) groups is 1. The lowest BCUT2D eigenvalue weighted by atomic mass is 10.0. The van der Waals surface area contributed by atoms with E-state index in [2.05, 4.69) is 20.7 Å². The number of hydrogen-bond donors (Lipinski definition) is 1. The number of rotatable bonds is 5.